The number of H-pyrrole nitrogens is 1. The van der Waals surface area contributed by atoms with Gasteiger partial charge in [0.15, 0.2) is 11.5 Å². The summed E-state index contributed by atoms with van der Waals surface area (Å²) in [6.45, 7) is -0.270. The first kappa shape index (κ1) is 24.9. The molecule has 1 aromatic heterocycles. The molecule has 0 fully saturated rings. The van der Waals surface area contributed by atoms with Gasteiger partial charge in [0.25, 0.3) is 5.56 Å². The molecule has 0 atom stereocenters. The second kappa shape index (κ2) is 10.2. The van der Waals surface area contributed by atoms with Crippen LogP contribution in [0.2, 0.25) is 0 Å². The van der Waals surface area contributed by atoms with Crippen LogP contribution in [0.4, 0.5) is 4.39 Å². The summed E-state index contributed by atoms with van der Waals surface area (Å²) in [6.07, 6.45) is 0. The number of aromatic nitrogens is 1. The smallest absolute Gasteiger partial charge is 0.252 e. The third-order valence-corrected chi connectivity index (χ3v) is 8.30. The van der Waals surface area contributed by atoms with Crippen LogP contribution in [0.1, 0.15) is 11.1 Å². The minimum absolute atomic E-state index is 0.0609. The van der Waals surface area contributed by atoms with E-state index in [2.05, 4.69) is 20.9 Å². The largest absolute Gasteiger partial charge is 0.493 e. The average Bonchev–Trinajstić information content (AvgIpc) is 2.84. The molecule has 182 valence electrons. The number of hydrogen-bond acceptors (Lipinski definition) is 5. The Morgan fingerprint density at radius 3 is 2.26 bits per heavy atom. The number of halogens is 2. The van der Waals surface area contributed by atoms with E-state index in [1.165, 1.54) is 48.9 Å². The first-order valence-corrected chi connectivity index (χ1v) is 12.7. The number of methoxy groups -OCH3 is 2. The summed E-state index contributed by atoms with van der Waals surface area (Å²) < 4.78 is 53.0. The van der Waals surface area contributed by atoms with Crippen LogP contribution >= 0.6 is 15.9 Å². The zero-order valence-electron chi connectivity index (χ0n) is 18.9. The molecular weight excluding hydrogens is 539 g/mol. The number of pyridine rings is 1. The molecule has 0 amide bonds. The van der Waals surface area contributed by atoms with Crippen molar-refractivity contribution in [3.05, 3.63) is 98.5 Å². The van der Waals surface area contributed by atoms with E-state index >= 15 is 0 Å². The van der Waals surface area contributed by atoms with Gasteiger partial charge < -0.3 is 14.5 Å². The van der Waals surface area contributed by atoms with Crippen molar-refractivity contribution in [3.8, 4) is 11.5 Å². The fraction of sp³-hybridized carbons (Fsp3) is 0.160. The van der Waals surface area contributed by atoms with Gasteiger partial charge in [-0.3, -0.25) is 4.79 Å². The van der Waals surface area contributed by atoms with Gasteiger partial charge in [0, 0.05) is 34.6 Å². The Morgan fingerprint density at radius 1 is 0.943 bits per heavy atom. The molecule has 3 aromatic carbocycles. The highest BCUT2D eigenvalue weighted by Crippen LogP contribution is 2.32. The van der Waals surface area contributed by atoms with Crippen LogP contribution in [-0.4, -0.2) is 31.9 Å². The monoisotopic (exact) mass is 560 g/mol. The minimum atomic E-state index is -4.04. The molecule has 7 nitrogen and oxygen atoms in total. The number of fused-ring (bicyclic) bond motifs is 1. The topological polar surface area (TPSA) is 88.7 Å². The lowest BCUT2D eigenvalue weighted by molar-refractivity contribution is 0.355. The SMILES string of the molecule is COc1cc2cc(CN(Cc3ccc(F)cc3)S(=O)(=O)c3ccccc3Br)c(=O)[nH]c2cc1OC. The third-order valence-electron chi connectivity index (χ3n) is 5.50. The van der Waals surface area contributed by atoms with Crippen molar-refractivity contribution < 1.29 is 22.3 Å². The quantitative estimate of drug-likeness (QED) is 0.333. The Balaban J connectivity index is 1.80. The molecule has 35 heavy (non-hydrogen) atoms. The molecular formula is C25H22BrFN2O5S. The molecule has 10 heteroatoms. The molecule has 0 radical (unpaired) electrons. The van der Waals surface area contributed by atoms with Gasteiger partial charge in [0.2, 0.25) is 10.0 Å². The van der Waals surface area contributed by atoms with Gasteiger partial charge in [-0.25, -0.2) is 12.8 Å². The zero-order chi connectivity index (χ0) is 25.2. The molecule has 4 rings (SSSR count). The third kappa shape index (κ3) is 5.24. The Bertz CT molecular complexity index is 1540. The number of aromatic amines is 1. The fourth-order valence-electron chi connectivity index (χ4n) is 3.70. The number of ether oxygens (including phenoxy) is 2. The molecule has 0 bridgehead atoms. The Labute approximate surface area is 210 Å². The highest BCUT2D eigenvalue weighted by molar-refractivity contribution is 9.10. The lowest BCUT2D eigenvalue weighted by Crippen LogP contribution is -2.32. The summed E-state index contributed by atoms with van der Waals surface area (Å²) in [4.78, 5) is 15.8. The predicted molar refractivity (Wildman–Crippen MR) is 135 cm³/mol. The number of nitrogens with zero attached hydrogens (tertiary/aromatic N) is 1. The van der Waals surface area contributed by atoms with Crippen molar-refractivity contribution in [3.63, 3.8) is 0 Å². The first-order chi connectivity index (χ1) is 16.7. The summed E-state index contributed by atoms with van der Waals surface area (Å²) in [5, 5.41) is 0.650. The second-order valence-electron chi connectivity index (χ2n) is 7.75. The summed E-state index contributed by atoms with van der Waals surface area (Å²) in [6, 6.07) is 17.0. The molecule has 4 aromatic rings. The molecule has 0 saturated carbocycles. The lowest BCUT2D eigenvalue weighted by Gasteiger charge is -2.23. The molecule has 0 saturated heterocycles. The molecule has 0 unspecified atom stereocenters. The van der Waals surface area contributed by atoms with Crippen molar-refractivity contribution in [1.82, 2.24) is 9.29 Å². The summed E-state index contributed by atoms with van der Waals surface area (Å²) in [5.41, 5.74) is 0.902. The highest BCUT2D eigenvalue weighted by atomic mass is 79.9. The molecule has 0 spiro atoms. The van der Waals surface area contributed by atoms with Gasteiger partial charge in [-0.1, -0.05) is 24.3 Å². The number of sulfonamides is 1. The summed E-state index contributed by atoms with van der Waals surface area (Å²) in [5.74, 6) is 0.504. The fourth-order valence-corrected chi connectivity index (χ4v) is 6.07. The lowest BCUT2D eigenvalue weighted by atomic mass is 10.1. The van der Waals surface area contributed by atoms with Crippen LogP contribution in [0.5, 0.6) is 11.5 Å². The Hall–Kier alpha value is -3.21. The standard InChI is InChI=1S/C25H22BrFN2O5S/c1-33-22-12-17-11-18(25(30)28-21(17)13-23(22)34-2)15-29(14-16-7-9-19(27)10-8-16)35(31,32)24-6-4-3-5-20(24)26/h3-13H,14-15H2,1-2H3,(H,28,30). The van der Waals surface area contributed by atoms with Crippen LogP contribution in [0.3, 0.4) is 0 Å². The maximum atomic E-state index is 13.7. The van der Waals surface area contributed by atoms with Gasteiger partial charge in [-0.15, -0.1) is 0 Å². The number of nitrogens with one attached hydrogen (secondary N) is 1. The van der Waals surface area contributed by atoms with E-state index in [4.69, 9.17) is 9.47 Å². The van der Waals surface area contributed by atoms with Crippen molar-refractivity contribution in [1.29, 1.82) is 0 Å². The van der Waals surface area contributed by atoms with Gasteiger partial charge in [-0.2, -0.15) is 4.31 Å². The van der Waals surface area contributed by atoms with E-state index in [0.29, 0.717) is 32.4 Å². The second-order valence-corrected chi connectivity index (χ2v) is 10.5. The van der Waals surface area contributed by atoms with Crippen LogP contribution in [-0.2, 0) is 23.1 Å². The summed E-state index contributed by atoms with van der Waals surface area (Å²) in [7, 11) is -1.04. The van der Waals surface area contributed by atoms with Crippen LogP contribution in [0.25, 0.3) is 10.9 Å². The Kier molecular flexibility index (Phi) is 7.25. The predicted octanol–water partition coefficient (Wildman–Crippen LogP) is 4.84. The molecule has 0 aliphatic carbocycles. The van der Waals surface area contributed by atoms with E-state index in [9.17, 15) is 17.6 Å². The van der Waals surface area contributed by atoms with Crippen molar-refractivity contribution in [2.45, 2.75) is 18.0 Å². The molecule has 1 N–H and O–H groups in total. The summed E-state index contributed by atoms with van der Waals surface area (Å²) >= 11 is 3.31. The van der Waals surface area contributed by atoms with Gasteiger partial charge in [0.05, 0.1) is 24.6 Å². The molecule has 1 heterocycles. The Morgan fingerprint density at radius 2 is 1.60 bits per heavy atom. The van der Waals surface area contributed by atoms with E-state index in [0.717, 1.165) is 0 Å². The molecule has 0 aliphatic heterocycles. The minimum Gasteiger partial charge on any atom is -0.493 e. The number of rotatable bonds is 8. The first-order valence-electron chi connectivity index (χ1n) is 10.5. The van der Waals surface area contributed by atoms with Gasteiger partial charge in [-0.05, 0) is 57.9 Å². The van der Waals surface area contributed by atoms with Crippen LogP contribution in [0, 0.1) is 5.82 Å². The van der Waals surface area contributed by atoms with Crippen LogP contribution in [0.15, 0.2) is 80.9 Å². The number of hydrogen-bond donors (Lipinski definition) is 1. The van der Waals surface area contributed by atoms with E-state index < -0.39 is 21.4 Å². The molecule has 0 aliphatic rings. The van der Waals surface area contributed by atoms with Gasteiger partial charge >= 0.3 is 0 Å². The van der Waals surface area contributed by atoms with Crippen molar-refractivity contribution in [2.24, 2.45) is 0 Å². The zero-order valence-corrected chi connectivity index (χ0v) is 21.3. The average molecular weight is 561 g/mol. The maximum absolute atomic E-state index is 13.7. The van der Waals surface area contributed by atoms with E-state index in [-0.39, 0.29) is 23.5 Å². The van der Waals surface area contributed by atoms with Crippen LogP contribution < -0.4 is 15.0 Å². The normalized spacial score (nSPS) is 11.7. The van der Waals surface area contributed by atoms with E-state index in [1.807, 2.05) is 0 Å². The number of benzene rings is 3. The van der Waals surface area contributed by atoms with Crippen molar-refractivity contribution in [2.75, 3.05) is 14.2 Å². The maximum Gasteiger partial charge on any atom is 0.252 e. The van der Waals surface area contributed by atoms with Crippen molar-refractivity contribution >= 4 is 36.9 Å². The van der Waals surface area contributed by atoms with Gasteiger partial charge in [0.1, 0.15) is 5.82 Å². The van der Waals surface area contributed by atoms with E-state index in [1.54, 1.807) is 36.4 Å². The highest BCUT2D eigenvalue weighted by Gasteiger charge is 2.28.